The van der Waals surface area contributed by atoms with Gasteiger partial charge < -0.3 is 0 Å². The second-order valence-corrected chi connectivity index (χ2v) is 4.09. The van der Waals surface area contributed by atoms with E-state index in [1.165, 1.54) is 11.1 Å². The molecule has 0 aliphatic carbocycles. The van der Waals surface area contributed by atoms with Crippen LogP contribution in [0.5, 0.6) is 0 Å². The molecule has 0 aliphatic heterocycles. The Kier molecular flexibility index (Phi) is 3.55. The fraction of sp³-hybridized carbons (Fsp3) is 0.133. The van der Waals surface area contributed by atoms with Crippen molar-refractivity contribution < 1.29 is 0 Å². The van der Waals surface area contributed by atoms with Crippen molar-refractivity contribution in [1.82, 2.24) is 0 Å². The lowest BCUT2D eigenvalue weighted by atomic mass is 10.1. The maximum Gasteiger partial charge on any atom is 0.0561 e. The fourth-order valence-electron chi connectivity index (χ4n) is 1.54. The van der Waals surface area contributed by atoms with Crippen LogP contribution >= 0.6 is 0 Å². The molecule has 17 heavy (non-hydrogen) atoms. The highest BCUT2D eigenvalue weighted by atomic mass is 15.3. The minimum absolute atomic E-state index is 1.00. The van der Waals surface area contributed by atoms with Gasteiger partial charge in [-0.3, -0.25) is 5.43 Å². The SMILES string of the molecule is Cc1ccc(N/N=C/c2ccccc2C)cc1. The largest absolute Gasteiger partial charge is 0.279 e. The molecule has 86 valence electrons. The van der Waals surface area contributed by atoms with Gasteiger partial charge >= 0.3 is 0 Å². The summed E-state index contributed by atoms with van der Waals surface area (Å²) in [6, 6.07) is 16.3. The van der Waals surface area contributed by atoms with E-state index in [0.29, 0.717) is 0 Å². The van der Waals surface area contributed by atoms with Crippen LogP contribution in [-0.4, -0.2) is 6.21 Å². The Morgan fingerprint density at radius 3 is 2.35 bits per heavy atom. The third-order valence-electron chi connectivity index (χ3n) is 2.64. The molecule has 0 atom stereocenters. The lowest BCUT2D eigenvalue weighted by Gasteiger charge is -2.01. The fourth-order valence-corrected chi connectivity index (χ4v) is 1.54. The van der Waals surface area contributed by atoms with Gasteiger partial charge in [-0.15, -0.1) is 0 Å². The average Bonchev–Trinajstić information content (AvgIpc) is 2.34. The first-order chi connectivity index (χ1) is 8.25. The molecule has 0 amide bonds. The van der Waals surface area contributed by atoms with Crippen LogP contribution < -0.4 is 5.43 Å². The quantitative estimate of drug-likeness (QED) is 0.623. The van der Waals surface area contributed by atoms with E-state index in [9.17, 15) is 0 Å². The number of aryl methyl sites for hydroxylation is 2. The zero-order chi connectivity index (χ0) is 12.1. The summed E-state index contributed by atoms with van der Waals surface area (Å²) in [5.41, 5.74) is 7.62. The van der Waals surface area contributed by atoms with E-state index in [0.717, 1.165) is 11.3 Å². The maximum atomic E-state index is 4.23. The lowest BCUT2D eigenvalue weighted by molar-refractivity contribution is 1.33. The van der Waals surface area contributed by atoms with E-state index in [-0.39, 0.29) is 0 Å². The van der Waals surface area contributed by atoms with Crippen molar-refractivity contribution in [2.75, 3.05) is 5.43 Å². The van der Waals surface area contributed by atoms with Crippen molar-refractivity contribution in [3.8, 4) is 0 Å². The number of hydrogen-bond donors (Lipinski definition) is 1. The molecule has 2 aromatic carbocycles. The van der Waals surface area contributed by atoms with Gasteiger partial charge in [-0.05, 0) is 37.1 Å². The smallest absolute Gasteiger partial charge is 0.0561 e. The zero-order valence-corrected chi connectivity index (χ0v) is 10.1. The van der Waals surface area contributed by atoms with Crippen molar-refractivity contribution in [1.29, 1.82) is 0 Å². The minimum atomic E-state index is 1.00. The molecule has 1 N–H and O–H groups in total. The van der Waals surface area contributed by atoms with E-state index in [4.69, 9.17) is 0 Å². The third-order valence-corrected chi connectivity index (χ3v) is 2.64. The second kappa shape index (κ2) is 5.30. The van der Waals surface area contributed by atoms with Crippen molar-refractivity contribution in [3.63, 3.8) is 0 Å². The molecule has 0 aromatic heterocycles. The van der Waals surface area contributed by atoms with Gasteiger partial charge in [0.05, 0.1) is 11.9 Å². The Morgan fingerprint density at radius 1 is 0.941 bits per heavy atom. The van der Waals surface area contributed by atoms with Gasteiger partial charge in [0.1, 0.15) is 0 Å². The molecule has 0 fully saturated rings. The van der Waals surface area contributed by atoms with Crippen molar-refractivity contribution in [3.05, 3.63) is 65.2 Å². The Hall–Kier alpha value is -2.09. The summed E-state index contributed by atoms with van der Waals surface area (Å²) in [6.07, 6.45) is 1.84. The highest BCUT2D eigenvalue weighted by Crippen LogP contribution is 2.09. The first-order valence-electron chi connectivity index (χ1n) is 5.67. The van der Waals surface area contributed by atoms with E-state index in [1.54, 1.807) is 0 Å². The molecular weight excluding hydrogens is 208 g/mol. The number of hydrogen-bond acceptors (Lipinski definition) is 2. The zero-order valence-electron chi connectivity index (χ0n) is 10.1. The lowest BCUT2D eigenvalue weighted by Crippen LogP contribution is -1.92. The molecule has 0 saturated carbocycles. The molecule has 0 spiro atoms. The first kappa shape index (κ1) is 11.4. The summed E-state index contributed by atoms with van der Waals surface area (Å²) in [7, 11) is 0. The predicted octanol–water partition coefficient (Wildman–Crippen LogP) is 3.75. The second-order valence-electron chi connectivity index (χ2n) is 4.09. The number of nitrogens with one attached hydrogen (secondary N) is 1. The Bertz CT molecular complexity index is 513. The van der Waals surface area contributed by atoms with Gasteiger partial charge in [-0.2, -0.15) is 5.10 Å². The molecule has 0 bridgehead atoms. The number of nitrogens with zero attached hydrogens (tertiary/aromatic N) is 1. The van der Waals surface area contributed by atoms with Crippen molar-refractivity contribution >= 4 is 11.9 Å². The van der Waals surface area contributed by atoms with Crippen LogP contribution in [0.3, 0.4) is 0 Å². The number of anilines is 1. The average molecular weight is 224 g/mol. The van der Waals surface area contributed by atoms with Crippen molar-refractivity contribution in [2.45, 2.75) is 13.8 Å². The summed E-state index contributed by atoms with van der Waals surface area (Å²) in [5.74, 6) is 0. The van der Waals surface area contributed by atoms with E-state index in [2.05, 4.69) is 48.6 Å². The monoisotopic (exact) mass is 224 g/mol. The summed E-state index contributed by atoms with van der Waals surface area (Å²) < 4.78 is 0. The standard InChI is InChI=1S/C15H16N2/c1-12-7-9-15(10-8-12)17-16-11-14-6-4-3-5-13(14)2/h3-11,17H,1-2H3/b16-11+. The van der Waals surface area contributed by atoms with Crippen LogP contribution in [0.2, 0.25) is 0 Å². The van der Waals surface area contributed by atoms with Gasteiger partial charge in [0.2, 0.25) is 0 Å². The maximum absolute atomic E-state index is 4.23. The summed E-state index contributed by atoms with van der Waals surface area (Å²) in [6.45, 7) is 4.15. The molecule has 2 nitrogen and oxygen atoms in total. The van der Waals surface area contributed by atoms with Crippen LogP contribution in [0.4, 0.5) is 5.69 Å². The van der Waals surface area contributed by atoms with Gasteiger partial charge in [0.15, 0.2) is 0 Å². The Balaban J connectivity index is 2.03. The molecule has 2 rings (SSSR count). The molecule has 0 heterocycles. The third kappa shape index (κ3) is 3.18. The van der Waals surface area contributed by atoms with Crippen LogP contribution in [0.1, 0.15) is 16.7 Å². The molecule has 0 aliphatic rings. The topological polar surface area (TPSA) is 24.4 Å². The number of hydrazone groups is 1. The Labute approximate surface area is 102 Å². The predicted molar refractivity (Wildman–Crippen MR) is 73.6 cm³/mol. The van der Waals surface area contributed by atoms with E-state index in [1.807, 2.05) is 30.5 Å². The number of rotatable bonds is 3. The normalized spacial score (nSPS) is 10.7. The van der Waals surface area contributed by atoms with Crippen LogP contribution in [0.15, 0.2) is 53.6 Å². The highest BCUT2D eigenvalue weighted by Gasteiger charge is 1.92. The molecule has 0 unspecified atom stereocenters. The van der Waals surface area contributed by atoms with Gasteiger partial charge in [-0.25, -0.2) is 0 Å². The van der Waals surface area contributed by atoms with Crippen molar-refractivity contribution in [2.24, 2.45) is 5.10 Å². The van der Waals surface area contributed by atoms with Gasteiger partial charge in [0, 0.05) is 0 Å². The van der Waals surface area contributed by atoms with E-state index >= 15 is 0 Å². The first-order valence-corrected chi connectivity index (χ1v) is 5.67. The van der Waals surface area contributed by atoms with Gasteiger partial charge in [0.25, 0.3) is 0 Å². The molecule has 2 aromatic rings. The Morgan fingerprint density at radius 2 is 1.65 bits per heavy atom. The summed E-state index contributed by atoms with van der Waals surface area (Å²) in [5, 5.41) is 4.23. The summed E-state index contributed by atoms with van der Waals surface area (Å²) in [4.78, 5) is 0. The number of benzene rings is 2. The summed E-state index contributed by atoms with van der Waals surface area (Å²) >= 11 is 0. The molecule has 0 radical (unpaired) electrons. The van der Waals surface area contributed by atoms with Crippen LogP contribution in [-0.2, 0) is 0 Å². The minimum Gasteiger partial charge on any atom is -0.279 e. The molecule has 0 saturated heterocycles. The van der Waals surface area contributed by atoms with Gasteiger partial charge in [-0.1, -0.05) is 42.0 Å². The van der Waals surface area contributed by atoms with Crippen LogP contribution in [0, 0.1) is 13.8 Å². The van der Waals surface area contributed by atoms with E-state index < -0.39 is 0 Å². The molecule has 2 heteroatoms. The molecular formula is C15H16N2. The van der Waals surface area contributed by atoms with Crippen LogP contribution in [0.25, 0.3) is 0 Å². The highest BCUT2D eigenvalue weighted by molar-refractivity contribution is 5.82.